The number of nitrogens with one attached hydrogen (secondary N) is 1. The van der Waals surface area contributed by atoms with Crippen molar-refractivity contribution in [3.63, 3.8) is 0 Å². The normalized spacial score (nSPS) is 12.2. The van der Waals surface area contributed by atoms with Crippen LogP contribution >= 0.6 is 11.3 Å². The number of aromatic nitrogens is 1. The molecule has 2 aromatic heterocycles. The van der Waals surface area contributed by atoms with Gasteiger partial charge in [0.25, 0.3) is 0 Å². The van der Waals surface area contributed by atoms with E-state index in [0.717, 1.165) is 0 Å². The van der Waals surface area contributed by atoms with Crippen molar-refractivity contribution >= 4 is 22.2 Å². The standard InChI is InChI=1S/C16H17NS/c1-16(2,3)15-7-6-14(18-15)12-5-4-11-8-9-17-13(11)10-12/h4-10,17H,1-3H3. The average molecular weight is 255 g/mol. The third-order valence-electron chi connectivity index (χ3n) is 3.18. The molecule has 1 nitrogen and oxygen atoms in total. The van der Waals surface area contributed by atoms with Gasteiger partial charge in [-0.15, -0.1) is 11.3 Å². The predicted molar refractivity (Wildman–Crippen MR) is 80.3 cm³/mol. The fourth-order valence-corrected chi connectivity index (χ4v) is 3.16. The number of hydrogen-bond acceptors (Lipinski definition) is 1. The van der Waals surface area contributed by atoms with E-state index in [-0.39, 0.29) is 5.41 Å². The first-order valence-electron chi connectivity index (χ1n) is 6.22. The Hall–Kier alpha value is -1.54. The summed E-state index contributed by atoms with van der Waals surface area (Å²) in [5.41, 5.74) is 2.74. The van der Waals surface area contributed by atoms with Crippen LogP contribution in [0.15, 0.2) is 42.6 Å². The van der Waals surface area contributed by atoms with Crippen LogP contribution in [-0.2, 0) is 5.41 Å². The number of hydrogen-bond donors (Lipinski definition) is 1. The van der Waals surface area contributed by atoms with Crippen molar-refractivity contribution in [3.8, 4) is 10.4 Å². The van der Waals surface area contributed by atoms with Gasteiger partial charge in [-0.25, -0.2) is 0 Å². The highest BCUT2D eigenvalue weighted by atomic mass is 32.1. The Morgan fingerprint density at radius 3 is 2.56 bits per heavy atom. The third kappa shape index (κ3) is 1.97. The zero-order chi connectivity index (χ0) is 12.8. The van der Waals surface area contributed by atoms with Crippen molar-refractivity contribution in [2.75, 3.05) is 0 Å². The SMILES string of the molecule is CC(C)(C)c1ccc(-c2ccc3cc[nH]c3c2)s1. The van der Waals surface area contributed by atoms with Crippen molar-refractivity contribution in [1.29, 1.82) is 0 Å². The first-order chi connectivity index (χ1) is 8.54. The molecular formula is C16H17NS. The lowest BCUT2D eigenvalue weighted by Gasteiger charge is -2.15. The van der Waals surface area contributed by atoms with Crippen LogP contribution in [0.3, 0.4) is 0 Å². The second-order valence-corrected chi connectivity index (χ2v) is 6.78. The van der Waals surface area contributed by atoms with Crippen molar-refractivity contribution in [1.82, 2.24) is 4.98 Å². The van der Waals surface area contributed by atoms with Crippen LogP contribution in [0, 0.1) is 0 Å². The van der Waals surface area contributed by atoms with E-state index >= 15 is 0 Å². The van der Waals surface area contributed by atoms with E-state index in [1.165, 1.54) is 26.2 Å². The number of H-pyrrole nitrogens is 1. The molecule has 92 valence electrons. The molecule has 0 spiro atoms. The van der Waals surface area contributed by atoms with E-state index in [1.54, 1.807) is 0 Å². The summed E-state index contributed by atoms with van der Waals surface area (Å²) >= 11 is 1.89. The topological polar surface area (TPSA) is 15.8 Å². The molecule has 0 unspecified atom stereocenters. The molecule has 1 aromatic carbocycles. The molecule has 2 heterocycles. The lowest BCUT2D eigenvalue weighted by Crippen LogP contribution is -2.07. The molecule has 18 heavy (non-hydrogen) atoms. The number of fused-ring (bicyclic) bond motifs is 1. The van der Waals surface area contributed by atoms with Crippen molar-refractivity contribution in [3.05, 3.63) is 47.5 Å². The minimum atomic E-state index is 0.236. The first-order valence-corrected chi connectivity index (χ1v) is 7.03. The molecule has 3 rings (SSSR count). The van der Waals surface area contributed by atoms with Gasteiger partial charge in [0.1, 0.15) is 0 Å². The van der Waals surface area contributed by atoms with Gasteiger partial charge in [0.2, 0.25) is 0 Å². The Morgan fingerprint density at radius 2 is 1.83 bits per heavy atom. The second-order valence-electron chi connectivity index (χ2n) is 5.69. The van der Waals surface area contributed by atoms with E-state index in [0.29, 0.717) is 0 Å². The fourth-order valence-electron chi connectivity index (χ4n) is 2.10. The van der Waals surface area contributed by atoms with Crippen LogP contribution in [0.4, 0.5) is 0 Å². The van der Waals surface area contributed by atoms with Crippen molar-refractivity contribution < 1.29 is 0 Å². The van der Waals surface area contributed by atoms with Gasteiger partial charge >= 0.3 is 0 Å². The highest BCUT2D eigenvalue weighted by Crippen LogP contribution is 2.35. The van der Waals surface area contributed by atoms with Crippen LogP contribution in [0.2, 0.25) is 0 Å². The van der Waals surface area contributed by atoms with Gasteiger partial charge in [0.15, 0.2) is 0 Å². The summed E-state index contributed by atoms with van der Waals surface area (Å²) in [4.78, 5) is 6.05. The number of aromatic amines is 1. The molecule has 1 N–H and O–H groups in total. The Morgan fingerprint density at radius 1 is 1.00 bits per heavy atom. The molecule has 0 fully saturated rings. The van der Waals surface area contributed by atoms with E-state index in [4.69, 9.17) is 0 Å². The Labute approximate surface area is 111 Å². The number of thiophene rings is 1. The van der Waals surface area contributed by atoms with Gasteiger partial charge in [0.05, 0.1) is 0 Å². The van der Waals surface area contributed by atoms with Gasteiger partial charge in [-0.3, -0.25) is 0 Å². The Balaban J connectivity index is 2.06. The zero-order valence-corrected chi connectivity index (χ0v) is 11.8. The van der Waals surface area contributed by atoms with E-state index in [2.05, 4.69) is 62.2 Å². The summed E-state index contributed by atoms with van der Waals surface area (Å²) in [5, 5.41) is 1.27. The smallest absolute Gasteiger partial charge is 0.0460 e. The lowest BCUT2D eigenvalue weighted by molar-refractivity contribution is 0.604. The predicted octanol–water partition coefficient (Wildman–Crippen LogP) is 5.19. The summed E-state index contributed by atoms with van der Waals surface area (Å²) in [6.07, 6.45) is 1.99. The molecule has 3 aromatic rings. The summed E-state index contributed by atoms with van der Waals surface area (Å²) in [6, 6.07) is 13.2. The van der Waals surface area contributed by atoms with Crippen molar-refractivity contribution in [2.24, 2.45) is 0 Å². The van der Waals surface area contributed by atoms with Gasteiger partial charge in [0, 0.05) is 21.5 Å². The number of benzene rings is 1. The monoisotopic (exact) mass is 255 g/mol. The van der Waals surface area contributed by atoms with Crippen LogP contribution in [0.1, 0.15) is 25.6 Å². The zero-order valence-electron chi connectivity index (χ0n) is 10.9. The highest BCUT2D eigenvalue weighted by Gasteiger charge is 2.16. The van der Waals surface area contributed by atoms with Crippen LogP contribution in [0.25, 0.3) is 21.3 Å². The molecule has 0 saturated heterocycles. The van der Waals surface area contributed by atoms with E-state index in [9.17, 15) is 0 Å². The average Bonchev–Trinajstić information content (AvgIpc) is 2.96. The molecule has 0 aliphatic rings. The second kappa shape index (κ2) is 3.99. The maximum atomic E-state index is 3.27. The third-order valence-corrected chi connectivity index (χ3v) is 4.74. The van der Waals surface area contributed by atoms with Gasteiger partial charge in [-0.2, -0.15) is 0 Å². The first kappa shape index (κ1) is 11.5. The highest BCUT2D eigenvalue weighted by molar-refractivity contribution is 7.15. The number of rotatable bonds is 1. The van der Waals surface area contributed by atoms with Gasteiger partial charge in [-0.05, 0) is 40.6 Å². The molecule has 0 amide bonds. The summed E-state index contributed by atoms with van der Waals surface area (Å²) in [7, 11) is 0. The van der Waals surface area contributed by atoms with E-state index in [1.807, 2.05) is 17.5 Å². The molecule has 2 heteroatoms. The van der Waals surface area contributed by atoms with Crippen LogP contribution < -0.4 is 0 Å². The molecular weight excluding hydrogens is 238 g/mol. The summed E-state index contributed by atoms with van der Waals surface area (Å²) in [6.45, 7) is 6.78. The molecule has 0 bridgehead atoms. The fraction of sp³-hybridized carbons (Fsp3) is 0.250. The Kier molecular flexibility index (Phi) is 2.56. The maximum Gasteiger partial charge on any atom is 0.0460 e. The molecule has 0 atom stereocenters. The quantitative estimate of drug-likeness (QED) is 0.615. The van der Waals surface area contributed by atoms with Gasteiger partial charge < -0.3 is 4.98 Å². The van der Waals surface area contributed by atoms with E-state index < -0.39 is 0 Å². The Bertz CT molecular complexity index is 682. The van der Waals surface area contributed by atoms with Crippen LogP contribution in [-0.4, -0.2) is 4.98 Å². The summed E-state index contributed by atoms with van der Waals surface area (Å²) < 4.78 is 0. The molecule has 0 radical (unpaired) electrons. The summed E-state index contributed by atoms with van der Waals surface area (Å²) in [5.74, 6) is 0. The van der Waals surface area contributed by atoms with Crippen LogP contribution in [0.5, 0.6) is 0 Å². The lowest BCUT2D eigenvalue weighted by atomic mass is 9.95. The molecule has 0 aliphatic heterocycles. The molecule has 0 aliphatic carbocycles. The van der Waals surface area contributed by atoms with Gasteiger partial charge in [-0.1, -0.05) is 32.9 Å². The minimum Gasteiger partial charge on any atom is -0.361 e. The molecule has 0 saturated carbocycles. The maximum absolute atomic E-state index is 3.27. The van der Waals surface area contributed by atoms with Crippen molar-refractivity contribution in [2.45, 2.75) is 26.2 Å². The largest absolute Gasteiger partial charge is 0.361 e. The minimum absolute atomic E-state index is 0.236.